The van der Waals surface area contributed by atoms with Gasteiger partial charge in [0.15, 0.2) is 5.96 Å². The molecule has 0 unspecified atom stereocenters. The highest BCUT2D eigenvalue weighted by molar-refractivity contribution is 14.0. The smallest absolute Gasteiger partial charge is 0.194 e. The summed E-state index contributed by atoms with van der Waals surface area (Å²) in [5.74, 6) is 0.858. The summed E-state index contributed by atoms with van der Waals surface area (Å²) in [6.45, 7) is 1.32. The fraction of sp³-hybridized carbons (Fsp3) is 0.238. The molecule has 0 saturated heterocycles. The summed E-state index contributed by atoms with van der Waals surface area (Å²) in [5.41, 5.74) is 4.47. The summed E-state index contributed by atoms with van der Waals surface area (Å²) < 4.78 is 1.86. The Morgan fingerprint density at radius 2 is 1.67 bits per heavy atom. The molecule has 27 heavy (non-hydrogen) atoms. The van der Waals surface area contributed by atoms with Crippen LogP contribution in [0, 0.1) is 0 Å². The Bertz CT molecular complexity index is 857. The SMILES string of the molecule is CN(C)C(=NCc1ccccc1)NCc1cn(C)nc1-c1ccccc1.I. The number of rotatable bonds is 5. The topological polar surface area (TPSA) is 45.5 Å². The molecule has 0 saturated carbocycles. The molecule has 5 nitrogen and oxygen atoms in total. The first-order chi connectivity index (χ1) is 12.6. The van der Waals surface area contributed by atoms with Gasteiger partial charge in [-0.15, -0.1) is 24.0 Å². The van der Waals surface area contributed by atoms with Gasteiger partial charge in [-0.3, -0.25) is 4.68 Å². The van der Waals surface area contributed by atoms with Crippen LogP contribution in [0.5, 0.6) is 0 Å². The first-order valence-corrected chi connectivity index (χ1v) is 8.71. The normalized spacial score (nSPS) is 11.0. The van der Waals surface area contributed by atoms with E-state index in [4.69, 9.17) is 4.99 Å². The van der Waals surface area contributed by atoms with E-state index < -0.39 is 0 Å². The molecule has 0 radical (unpaired) electrons. The third kappa shape index (κ3) is 5.82. The molecule has 142 valence electrons. The van der Waals surface area contributed by atoms with Crippen LogP contribution >= 0.6 is 24.0 Å². The zero-order chi connectivity index (χ0) is 18.4. The standard InChI is InChI=1S/C21H25N5.HI/c1-25(2)21(22-14-17-10-6-4-7-11-17)23-15-19-16-26(3)24-20(19)18-12-8-5-9-13-18;/h4-13,16H,14-15H2,1-3H3,(H,22,23);1H. The van der Waals surface area contributed by atoms with Gasteiger partial charge in [-0.05, 0) is 5.56 Å². The van der Waals surface area contributed by atoms with Crippen LogP contribution in [-0.4, -0.2) is 34.7 Å². The first kappa shape index (κ1) is 21.0. The highest BCUT2D eigenvalue weighted by atomic mass is 127. The Balaban J connectivity index is 0.00000261. The minimum atomic E-state index is 0. The van der Waals surface area contributed by atoms with Gasteiger partial charge in [-0.2, -0.15) is 5.10 Å². The van der Waals surface area contributed by atoms with E-state index in [1.54, 1.807) is 0 Å². The van der Waals surface area contributed by atoms with Crippen molar-refractivity contribution in [3.63, 3.8) is 0 Å². The maximum atomic E-state index is 4.72. The van der Waals surface area contributed by atoms with Crippen LogP contribution in [-0.2, 0) is 20.1 Å². The number of aryl methyl sites for hydroxylation is 1. The second kappa shape index (κ2) is 10.1. The molecule has 1 N–H and O–H groups in total. The number of hydrogen-bond donors (Lipinski definition) is 1. The molecule has 3 rings (SSSR count). The van der Waals surface area contributed by atoms with Crippen LogP contribution in [0.15, 0.2) is 71.9 Å². The van der Waals surface area contributed by atoms with Gasteiger partial charge in [0.25, 0.3) is 0 Å². The van der Waals surface area contributed by atoms with Gasteiger partial charge in [0.1, 0.15) is 0 Å². The third-order valence-corrected chi connectivity index (χ3v) is 4.07. The molecular weight excluding hydrogens is 449 g/mol. The number of guanidine groups is 1. The molecule has 0 fully saturated rings. The number of aromatic nitrogens is 2. The molecule has 0 atom stereocenters. The summed E-state index contributed by atoms with van der Waals surface area (Å²) in [7, 11) is 5.95. The monoisotopic (exact) mass is 475 g/mol. The summed E-state index contributed by atoms with van der Waals surface area (Å²) in [5, 5.41) is 8.07. The van der Waals surface area contributed by atoms with Crippen LogP contribution in [0.2, 0.25) is 0 Å². The molecule has 0 aliphatic carbocycles. The van der Waals surface area contributed by atoms with Crippen molar-refractivity contribution in [3.8, 4) is 11.3 Å². The molecule has 1 aromatic heterocycles. The van der Waals surface area contributed by atoms with Crippen molar-refractivity contribution in [1.29, 1.82) is 0 Å². The fourth-order valence-corrected chi connectivity index (χ4v) is 2.79. The maximum absolute atomic E-state index is 4.72. The van der Waals surface area contributed by atoms with Crippen molar-refractivity contribution >= 4 is 29.9 Å². The molecule has 0 spiro atoms. The molecule has 1 heterocycles. The first-order valence-electron chi connectivity index (χ1n) is 8.71. The Hall–Kier alpha value is -2.35. The lowest BCUT2D eigenvalue weighted by molar-refractivity contribution is 0.579. The van der Waals surface area contributed by atoms with Crippen molar-refractivity contribution in [2.75, 3.05) is 14.1 Å². The van der Waals surface area contributed by atoms with Crippen LogP contribution in [0.25, 0.3) is 11.3 Å². The van der Waals surface area contributed by atoms with Gasteiger partial charge < -0.3 is 10.2 Å². The molecule has 3 aromatic rings. The van der Waals surface area contributed by atoms with E-state index in [1.807, 2.05) is 67.1 Å². The minimum absolute atomic E-state index is 0. The second-order valence-corrected chi connectivity index (χ2v) is 6.42. The van der Waals surface area contributed by atoms with Crippen LogP contribution < -0.4 is 5.32 Å². The van der Waals surface area contributed by atoms with E-state index in [2.05, 4.69) is 40.9 Å². The van der Waals surface area contributed by atoms with E-state index in [9.17, 15) is 0 Å². The highest BCUT2D eigenvalue weighted by Gasteiger charge is 2.11. The van der Waals surface area contributed by atoms with Gasteiger partial charge in [0.2, 0.25) is 0 Å². The van der Waals surface area contributed by atoms with Gasteiger partial charge in [0.05, 0.1) is 12.2 Å². The maximum Gasteiger partial charge on any atom is 0.194 e. The van der Waals surface area contributed by atoms with E-state index in [0.717, 1.165) is 22.8 Å². The molecular formula is C21H26IN5. The lowest BCUT2D eigenvalue weighted by Gasteiger charge is -2.17. The van der Waals surface area contributed by atoms with Crippen molar-refractivity contribution in [3.05, 3.63) is 78.0 Å². The number of aliphatic imine (C=N–C) groups is 1. The van der Waals surface area contributed by atoms with Gasteiger partial charge in [-0.25, -0.2) is 4.99 Å². The Morgan fingerprint density at radius 3 is 2.30 bits per heavy atom. The summed E-state index contributed by atoms with van der Waals surface area (Å²) >= 11 is 0. The van der Waals surface area contributed by atoms with Gasteiger partial charge in [0, 0.05) is 45.0 Å². The zero-order valence-electron chi connectivity index (χ0n) is 16.0. The second-order valence-electron chi connectivity index (χ2n) is 6.42. The number of hydrogen-bond acceptors (Lipinski definition) is 2. The van der Waals surface area contributed by atoms with E-state index >= 15 is 0 Å². The average molecular weight is 475 g/mol. The van der Waals surface area contributed by atoms with Crippen molar-refractivity contribution in [2.45, 2.75) is 13.1 Å². The quantitative estimate of drug-likeness (QED) is 0.346. The molecule has 0 bridgehead atoms. The largest absolute Gasteiger partial charge is 0.352 e. The van der Waals surface area contributed by atoms with Crippen molar-refractivity contribution < 1.29 is 0 Å². The van der Waals surface area contributed by atoms with Gasteiger partial charge >= 0.3 is 0 Å². The van der Waals surface area contributed by atoms with E-state index in [1.165, 1.54) is 5.56 Å². The highest BCUT2D eigenvalue weighted by Crippen LogP contribution is 2.21. The Kier molecular flexibility index (Phi) is 7.84. The van der Waals surface area contributed by atoms with Crippen LogP contribution in [0.4, 0.5) is 0 Å². The Labute approximate surface area is 178 Å². The Morgan fingerprint density at radius 1 is 1.04 bits per heavy atom. The average Bonchev–Trinajstić information content (AvgIpc) is 3.03. The molecule has 0 aliphatic rings. The fourth-order valence-electron chi connectivity index (χ4n) is 2.79. The lowest BCUT2D eigenvalue weighted by atomic mass is 10.1. The summed E-state index contributed by atoms with van der Waals surface area (Å²) in [6.07, 6.45) is 2.06. The molecule has 2 aromatic carbocycles. The zero-order valence-corrected chi connectivity index (χ0v) is 18.3. The summed E-state index contributed by atoms with van der Waals surface area (Å²) in [6, 6.07) is 20.5. The molecule has 0 aliphatic heterocycles. The van der Waals surface area contributed by atoms with Gasteiger partial charge in [-0.1, -0.05) is 60.7 Å². The van der Waals surface area contributed by atoms with Crippen molar-refractivity contribution in [2.24, 2.45) is 12.0 Å². The van der Waals surface area contributed by atoms with E-state index in [-0.39, 0.29) is 24.0 Å². The van der Waals surface area contributed by atoms with Crippen LogP contribution in [0.1, 0.15) is 11.1 Å². The predicted molar refractivity (Wildman–Crippen MR) is 122 cm³/mol. The number of benzene rings is 2. The van der Waals surface area contributed by atoms with E-state index in [0.29, 0.717) is 13.1 Å². The third-order valence-electron chi connectivity index (χ3n) is 4.07. The summed E-state index contributed by atoms with van der Waals surface area (Å²) in [4.78, 5) is 6.72. The molecule has 6 heteroatoms. The van der Waals surface area contributed by atoms with Crippen molar-refractivity contribution in [1.82, 2.24) is 20.0 Å². The van der Waals surface area contributed by atoms with Crippen LogP contribution in [0.3, 0.4) is 0 Å². The lowest BCUT2D eigenvalue weighted by Crippen LogP contribution is -2.36. The molecule has 0 amide bonds. The minimum Gasteiger partial charge on any atom is -0.352 e. The number of nitrogens with zero attached hydrogens (tertiary/aromatic N) is 4. The number of nitrogens with one attached hydrogen (secondary N) is 1. The predicted octanol–water partition coefficient (Wildman–Crippen LogP) is 3.91. The number of halogens is 1.